The zero-order valence-corrected chi connectivity index (χ0v) is 24.0. The molecule has 2 rings (SSSR count). The van der Waals surface area contributed by atoms with Gasteiger partial charge in [-0.2, -0.15) is 23.9 Å². The van der Waals surface area contributed by atoms with E-state index in [-0.39, 0.29) is 37.8 Å². The average Bonchev–Trinajstić information content (AvgIpc) is 2.94. The summed E-state index contributed by atoms with van der Waals surface area (Å²) in [6, 6.07) is 14.7. The van der Waals surface area contributed by atoms with Gasteiger partial charge in [-0.15, -0.1) is 60.0 Å². The smallest absolute Gasteiger partial charge is 0.0809 e. The van der Waals surface area contributed by atoms with Crippen LogP contribution in [0, 0.1) is 14.4 Å². The average molecular weight is 526 g/mol. The van der Waals surface area contributed by atoms with E-state index in [9.17, 15) is 0 Å². The van der Waals surface area contributed by atoms with Gasteiger partial charge in [0.2, 0.25) is 0 Å². The summed E-state index contributed by atoms with van der Waals surface area (Å²) in [6.07, 6.45) is 0.893. The van der Waals surface area contributed by atoms with Gasteiger partial charge in [-0.3, -0.25) is 0 Å². The van der Waals surface area contributed by atoms with Crippen molar-refractivity contribution < 1.29 is 27.8 Å². The molecular formula is C20H37Cl2NOSi2Zr-4. The Bertz CT molecular complexity index is 504. The zero-order chi connectivity index (χ0) is 19.2. The molecule has 0 bridgehead atoms. The number of nitrogens with one attached hydrogen (secondary N) is 1. The van der Waals surface area contributed by atoms with Crippen molar-refractivity contribution in [3.05, 3.63) is 62.5 Å². The molecule has 0 aliphatic rings. The van der Waals surface area contributed by atoms with Crippen LogP contribution in [0.1, 0.15) is 27.2 Å². The number of hydrogen-bond donors (Lipinski definition) is 0. The van der Waals surface area contributed by atoms with Crippen molar-refractivity contribution in [3.8, 4) is 0 Å². The molecule has 27 heavy (non-hydrogen) atoms. The predicted molar refractivity (Wildman–Crippen MR) is 130 cm³/mol. The molecule has 0 aliphatic carbocycles. The van der Waals surface area contributed by atoms with E-state index in [4.69, 9.17) is 10.2 Å². The molecule has 0 saturated heterocycles. The zero-order valence-electron chi connectivity index (χ0n) is 17.9. The number of halogens is 2. The monoisotopic (exact) mass is 523 g/mol. The molecule has 0 unspecified atom stereocenters. The standard InChI is InChI=1S/C9H7.C6H15OSi.C4H10N.CH3.2ClH.Si.Zr/c1-2-5-9-7-3-6-8(9)4-1;1-5-6-7-8(2,3)4;1-4(2,3)5;;;;;/h1-7H;1,5-6H2,2-4H3;5H,1-3H3;1H3;2*1H;;/q4*-1;;;;. The van der Waals surface area contributed by atoms with Crippen LogP contribution in [0.5, 0.6) is 0 Å². The first-order chi connectivity index (χ1) is 11.0. The van der Waals surface area contributed by atoms with Gasteiger partial charge in [-0.05, 0) is 19.6 Å². The molecule has 0 heterocycles. The fraction of sp³-hybridized carbons (Fsp3) is 0.450. The van der Waals surface area contributed by atoms with Gasteiger partial charge >= 0.3 is 30.2 Å². The summed E-state index contributed by atoms with van der Waals surface area (Å²) in [4.78, 5) is 0. The summed E-state index contributed by atoms with van der Waals surface area (Å²) in [5, 5.41) is 2.66. The number of hydrogen-bond acceptors (Lipinski definition) is 1. The van der Waals surface area contributed by atoms with Crippen molar-refractivity contribution in [2.75, 3.05) is 6.61 Å². The van der Waals surface area contributed by atoms with Crippen LogP contribution in [0.15, 0.2) is 42.5 Å². The minimum Gasteiger partial charge on any atom is -0.168 e. The molecule has 1 N–H and O–H groups in total. The van der Waals surface area contributed by atoms with E-state index in [0.717, 1.165) is 13.0 Å². The molecule has 2 radical (unpaired) electrons. The molecular weight excluding hydrogens is 489 g/mol. The van der Waals surface area contributed by atoms with E-state index in [1.54, 1.807) is 0 Å². The van der Waals surface area contributed by atoms with Gasteiger partial charge < -0.3 is 24.5 Å². The van der Waals surface area contributed by atoms with E-state index in [0.29, 0.717) is 0 Å². The summed E-state index contributed by atoms with van der Waals surface area (Å²) < 4.78 is 5.45. The van der Waals surface area contributed by atoms with Gasteiger partial charge in [-0.1, -0.05) is 26.8 Å². The molecule has 2 aromatic carbocycles. The molecule has 0 aliphatic heterocycles. The first kappa shape index (κ1) is 38.3. The normalized spacial score (nSPS) is 9.30. The second-order valence-electron chi connectivity index (χ2n) is 7.22. The number of benzene rings is 1. The van der Waals surface area contributed by atoms with Gasteiger partial charge in [0.1, 0.15) is 0 Å². The van der Waals surface area contributed by atoms with Gasteiger partial charge in [0, 0.05) is 6.61 Å². The summed E-state index contributed by atoms with van der Waals surface area (Å²) in [5.41, 5.74) is 6.69. The Labute approximate surface area is 198 Å². The Hall–Kier alpha value is 0.647. The molecule has 0 spiro atoms. The molecule has 0 fully saturated rings. The molecule has 0 aromatic heterocycles. The van der Waals surface area contributed by atoms with Gasteiger partial charge in [0.15, 0.2) is 8.32 Å². The summed E-state index contributed by atoms with van der Waals surface area (Å²) in [7, 11) is -1.22. The Morgan fingerprint density at radius 2 is 1.56 bits per heavy atom. The second-order valence-corrected chi connectivity index (χ2v) is 11.7. The first-order valence-corrected chi connectivity index (χ1v) is 15.7. The maximum absolute atomic E-state index is 6.94. The van der Waals surface area contributed by atoms with Crippen molar-refractivity contribution in [3.63, 3.8) is 0 Å². The van der Waals surface area contributed by atoms with E-state index in [1.807, 2.05) is 20.8 Å². The van der Waals surface area contributed by atoms with Crippen molar-refractivity contribution in [1.82, 2.24) is 0 Å². The van der Waals surface area contributed by atoms with Gasteiger partial charge in [0.05, 0.1) is 0 Å². The molecule has 0 amide bonds. The molecule has 0 saturated carbocycles. The summed E-state index contributed by atoms with van der Waals surface area (Å²) >= 11 is 1.36. The maximum atomic E-state index is 6.94. The van der Waals surface area contributed by atoms with Crippen LogP contribution in [-0.4, -0.2) is 27.3 Å². The maximum Gasteiger partial charge on any atom is -0.0809 e. The molecule has 2 nitrogen and oxygen atoms in total. The van der Waals surface area contributed by atoms with Crippen LogP contribution in [-0.2, 0) is 27.8 Å². The number of fused-ring (bicyclic) bond motifs is 1. The third-order valence-electron chi connectivity index (χ3n) is 2.23. The SMILES string of the molecule is CC(C)(C)[NH-].Cl.Cl.[CH2-]CCO[Si](C)(C)C.[CH3-].[Si]=[Zr].c1ccc2[cH-]ccc2c1. The van der Waals surface area contributed by atoms with Crippen LogP contribution in [0.25, 0.3) is 16.5 Å². The van der Waals surface area contributed by atoms with Crippen LogP contribution in [0.4, 0.5) is 0 Å². The first-order valence-electron chi connectivity index (χ1n) is 8.06. The van der Waals surface area contributed by atoms with E-state index in [2.05, 4.69) is 75.9 Å². The van der Waals surface area contributed by atoms with Crippen LogP contribution in [0.2, 0.25) is 19.6 Å². The van der Waals surface area contributed by atoms with E-state index >= 15 is 0 Å². The van der Waals surface area contributed by atoms with Gasteiger partial charge in [0.25, 0.3) is 0 Å². The van der Waals surface area contributed by atoms with Crippen LogP contribution in [0.3, 0.4) is 0 Å². The summed E-state index contributed by atoms with van der Waals surface area (Å²) in [5.74, 6) is 0. The summed E-state index contributed by atoms with van der Waals surface area (Å²) in [6.45, 7) is 19.7. The van der Waals surface area contributed by atoms with E-state index < -0.39 is 8.32 Å². The third kappa shape index (κ3) is 31.6. The molecule has 158 valence electrons. The fourth-order valence-electron chi connectivity index (χ4n) is 1.45. The van der Waals surface area contributed by atoms with E-state index in [1.165, 1.54) is 34.1 Å². The van der Waals surface area contributed by atoms with Crippen LogP contribution < -0.4 is 0 Å². The van der Waals surface area contributed by atoms with Crippen molar-refractivity contribution in [2.45, 2.75) is 52.4 Å². The predicted octanol–water partition coefficient (Wildman–Crippen LogP) is 7.37. The largest absolute Gasteiger partial charge is 0.168 e. The van der Waals surface area contributed by atoms with Crippen molar-refractivity contribution in [1.29, 1.82) is 0 Å². The van der Waals surface area contributed by atoms with Crippen molar-refractivity contribution in [2.24, 2.45) is 0 Å². The minimum atomic E-state index is -1.22. The Morgan fingerprint density at radius 1 is 1.11 bits per heavy atom. The quantitative estimate of drug-likeness (QED) is 0.304. The van der Waals surface area contributed by atoms with Gasteiger partial charge in [-0.25, -0.2) is 0 Å². The number of rotatable bonds is 3. The van der Waals surface area contributed by atoms with Crippen molar-refractivity contribution >= 4 is 50.8 Å². The molecule has 2 aromatic rings. The Balaban J connectivity index is -0.0000000840. The van der Waals surface area contributed by atoms with Crippen LogP contribution >= 0.6 is 24.8 Å². The fourth-order valence-corrected chi connectivity index (χ4v) is 2.20. The third-order valence-corrected chi connectivity index (χ3v) is 3.30. The Kier molecular flexibility index (Phi) is 30.3. The topological polar surface area (TPSA) is 33.0 Å². The molecule has 0 atom stereocenters. The molecule has 7 heteroatoms. The Morgan fingerprint density at radius 3 is 1.89 bits per heavy atom. The second kappa shape index (κ2) is 21.4. The minimum absolute atomic E-state index is 0.